The molecule has 1 aliphatic heterocycles. The van der Waals surface area contributed by atoms with Crippen LogP contribution in [0.1, 0.15) is 39.7 Å². The van der Waals surface area contributed by atoms with Gasteiger partial charge in [0.2, 0.25) is 5.78 Å². The van der Waals surface area contributed by atoms with Crippen molar-refractivity contribution in [2.45, 2.75) is 26.3 Å². The van der Waals surface area contributed by atoms with Crippen molar-refractivity contribution in [2.75, 3.05) is 4.90 Å². The molecule has 2 aromatic carbocycles. The van der Waals surface area contributed by atoms with Gasteiger partial charge in [0.05, 0.1) is 22.4 Å². The predicted molar refractivity (Wildman–Crippen MR) is 131 cm³/mol. The Kier molecular flexibility index (Phi) is 5.63. The fourth-order valence-electron chi connectivity index (χ4n) is 4.15. The van der Waals surface area contributed by atoms with Crippen molar-refractivity contribution in [3.05, 3.63) is 106 Å². The van der Waals surface area contributed by atoms with Crippen LogP contribution in [-0.4, -0.2) is 21.8 Å². The second kappa shape index (κ2) is 8.76. The fraction of sp³-hybridized carbons (Fsp3) is 0.148. The maximum Gasteiger partial charge on any atom is 0.294 e. The molecule has 0 bridgehead atoms. The molecule has 0 saturated heterocycles. The number of furan rings is 1. The Bertz CT molecular complexity index is 1390. The van der Waals surface area contributed by atoms with Crippen molar-refractivity contribution in [3.63, 3.8) is 0 Å². The highest BCUT2D eigenvalue weighted by molar-refractivity contribution is 7.17. The lowest BCUT2D eigenvalue weighted by Crippen LogP contribution is -2.30. The third kappa shape index (κ3) is 3.64. The smallest absolute Gasteiger partial charge is 0.294 e. The molecule has 7 heteroatoms. The van der Waals surface area contributed by atoms with E-state index in [1.54, 1.807) is 19.1 Å². The van der Waals surface area contributed by atoms with Gasteiger partial charge in [-0.2, -0.15) is 0 Å². The Morgan fingerprint density at radius 3 is 2.47 bits per heavy atom. The number of nitrogens with zero attached hydrogens (tertiary/aromatic N) is 2. The van der Waals surface area contributed by atoms with Gasteiger partial charge in [0, 0.05) is 11.3 Å². The van der Waals surface area contributed by atoms with Crippen LogP contribution in [0.5, 0.6) is 0 Å². The van der Waals surface area contributed by atoms with Gasteiger partial charge in [0.1, 0.15) is 16.8 Å². The molecule has 2 aromatic heterocycles. The van der Waals surface area contributed by atoms with E-state index in [4.69, 9.17) is 4.42 Å². The number of carbonyl (C=O) groups is 2. The number of aliphatic hydroxyl groups excluding tert-OH is 1. The summed E-state index contributed by atoms with van der Waals surface area (Å²) >= 11 is 1.25. The first-order chi connectivity index (χ1) is 16.5. The quantitative estimate of drug-likeness (QED) is 0.347. The molecule has 1 aliphatic rings. The summed E-state index contributed by atoms with van der Waals surface area (Å²) in [6.07, 6.45) is 2.35. The molecule has 0 saturated carbocycles. The number of amides is 1. The summed E-state index contributed by atoms with van der Waals surface area (Å²) in [5.41, 5.74) is 3.13. The molecule has 4 aromatic rings. The largest absolute Gasteiger partial charge is 0.503 e. The van der Waals surface area contributed by atoms with E-state index < -0.39 is 23.5 Å². The number of thiazole rings is 1. The summed E-state index contributed by atoms with van der Waals surface area (Å²) in [5, 5.41) is 11.6. The SMILES string of the molecule is CCc1ccc(N2C(=O)C(O)=C(C(=O)c3sc(-c4ccccc4)nc3C)C2c2ccco2)cc1. The number of ketones is 1. The van der Waals surface area contributed by atoms with E-state index in [9.17, 15) is 14.7 Å². The van der Waals surface area contributed by atoms with E-state index in [0.29, 0.717) is 27.0 Å². The molecule has 0 spiro atoms. The lowest BCUT2D eigenvalue weighted by Gasteiger charge is -2.25. The van der Waals surface area contributed by atoms with Crippen LogP contribution in [0.15, 0.2) is 88.7 Å². The molecule has 0 radical (unpaired) electrons. The Balaban J connectivity index is 1.59. The second-order valence-corrected chi connectivity index (χ2v) is 9.00. The minimum absolute atomic E-state index is 0.00844. The van der Waals surface area contributed by atoms with Gasteiger partial charge in [0.15, 0.2) is 5.76 Å². The first-order valence-corrected chi connectivity index (χ1v) is 11.8. The number of benzene rings is 2. The molecule has 3 heterocycles. The fourth-order valence-corrected chi connectivity index (χ4v) is 5.17. The highest BCUT2D eigenvalue weighted by atomic mass is 32.1. The Morgan fingerprint density at radius 1 is 1.09 bits per heavy atom. The van der Waals surface area contributed by atoms with Gasteiger partial charge < -0.3 is 9.52 Å². The predicted octanol–water partition coefficient (Wildman–Crippen LogP) is 6.06. The van der Waals surface area contributed by atoms with Crippen LogP contribution < -0.4 is 4.90 Å². The van der Waals surface area contributed by atoms with E-state index in [-0.39, 0.29) is 5.57 Å². The number of rotatable bonds is 6. The molecule has 1 atom stereocenters. The van der Waals surface area contributed by atoms with E-state index in [0.717, 1.165) is 17.5 Å². The lowest BCUT2D eigenvalue weighted by atomic mass is 9.99. The number of hydrogen-bond donors (Lipinski definition) is 1. The number of carbonyl (C=O) groups excluding carboxylic acids is 2. The van der Waals surface area contributed by atoms with E-state index in [1.807, 2.05) is 61.5 Å². The molecule has 1 N–H and O–H groups in total. The molecule has 1 amide bonds. The monoisotopic (exact) mass is 470 g/mol. The third-order valence-corrected chi connectivity index (χ3v) is 7.12. The minimum Gasteiger partial charge on any atom is -0.503 e. The van der Waals surface area contributed by atoms with E-state index >= 15 is 0 Å². The van der Waals surface area contributed by atoms with E-state index in [2.05, 4.69) is 4.98 Å². The molecule has 34 heavy (non-hydrogen) atoms. The lowest BCUT2D eigenvalue weighted by molar-refractivity contribution is -0.117. The zero-order chi connectivity index (χ0) is 23.8. The standard InChI is InChI=1S/C27H22N2O4S/c1-3-17-11-13-19(14-12-17)29-22(20-10-7-15-33-20)21(24(31)27(29)32)23(30)25-16(2)28-26(34-25)18-8-5-4-6-9-18/h4-15,22,31H,3H2,1-2H3. The van der Waals surface area contributed by atoms with Crippen LogP contribution in [0, 0.1) is 6.92 Å². The third-order valence-electron chi connectivity index (χ3n) is 5.91. The maximum absolute atomic E-state index is 13.8. The number of aryl methyl sites for hydroxylation is 2. The van der Waals surface area contributed by atoms with E-state index in [1.165, 1.54) is 22.5 Å². The Hall–Kier alpha value is -3.97. The van der Waals surface area contributed by atoms with Gasteiger partial charge in [-0.3, -0.25) is 14.5 Å². The van der Waals surface area contributed by atoms with Crippen molar-refractivity contribution in [2.24, 2.45) is 0 Å². The van der Waals surface area contributed by atoms with Crippen LogP contribution in [-0.2, 0) is 11.2 Å². The maximum atomic E-state index is 13.8. The summed E-state index contributed by atoms with van der Waals surface area (Å²) in [7, 11) is 0. The van der Waals surface area contributed by atoms with Crippen molar-refractivity contribution in [1.82, 2.24) is 4.98 Å². The van der Waals surface area contributed by atoms with Crippen LogP contribution in [0.25, 0.3) is 10.6 Å². The van der Waals surface area contributed by atoms with Crippen molar-refractivity contribution in [1.29, 1.82) is 0 Å². The topological polar surface area (TPSA) is 83.6 Å². The summed E-state index contributed by atoms with van der Waals surface area (Å²) < 4.78 is 5.63. The average Bonchev–Trinajstić information content (AvgIpc) is 3.59. The second-order valence-electron chi connectivity index (χ2n) is 8.00. The van der Waals surface area contributed by atoms with Crippen molar-refractivity contribution in [3.8, 4) is 10.6 Å². The highest BCUT2D eigenvalue weighted by Gasteiger charge is 2.46. The van der Waals surface area contributed by atoms with Crippen LogP contribution in [0.4, 0.5) is 5.69 Å². The summed E-state index contributed by atoms with van der Waals surface area (Å²) in [6, 6.07) is 19.6. The minimum atomic E-state index is -0.885. The number of aliphatic hydroxyl groups is 1. The van der Waals surface area contributed by atoms with Crippen LogP contribution >= 0.6 is 11.3 Å². The zero-order valence-corrected chi connectivity index (χ0v) is 19.5. The normalized spacial score (nSPS) is 15.9. The van der Waals surface area contributed by atoms with Crippen molar-refractivity contribution < 1.29 is 19.1 Å². The molecule has 0 aliphatic carbocycles. The Morgan fingerprint density at radius 2 is 1.82 bits per heavy atom. The van der Waals surface area contributed by atoms with Crippen molar-refractivity contribution >= 4 is 28.7 Å². The van der Waals surface area contributed by atoms with Crippen LogP contribution in [0.3, 0.4) is 0 Å². The number of aromatic nitrogens is 1. The molecule has 170 valence electrons. The van der Waals surface area contributed by atoms with Gasteiger partial charge in [-0.15, -0.1) is 11.3 Å². The van der Waals surface area contributed by atoms with Gasteiger partial charge in [0.25, 0.3) is 5.91 Å². The molecule has 6 nitrogen and oxygen atoms in total. The average molecular weight is 471 g/mol. The first-order valence-electron chi connectivity index (χ1n) is 11.0. The molecule has 0 fully saturated rings. The summed E-state index contributed by atoms with van der Waals surface area (Å²) in [4.78, 5) is 33.4. The Labute approximate surface area is 200 Å². The molecular weight excluding hydrogens is 448 g/mol. The van der Waals surface area contributed by atoms with Gasteiger partial charge in [-0.05, 0) is 43.2 Å². The van der Waals surface area contributed by atoms with Gasteiger partial charge >= 0.3 is 0 Å². The molecule has 1 unspecified atom stereocenters. The number of hydrogen-bond acceptors (Lipinski definition) is 6. The highest BCUT2D eigenvalue weighted by Crippen LogP contribution is 2.43. The first kappa shape index (κ1) is 21.9. The van der Waals surface area contributed by atoms with Gasteiger partial charge in [-0.25, -0.2) is 4.98 Å². The summed E-state index contributed by atoms with van der Waals surface area (Å²) in [6.45, 7) is 3.81. The summed E-state index contributed by atoms with van der Waals surface area (Å²) in [5.74, 6) is -1.25. The van der Waals surface area contributed by atoms with Gasteiger partial charge in [-0.1, -0.05) is 49.4 Å². The zero-order valence-electron chi connectivity index (χ0n) is 18.7. The number of Topliss-reactive ketones (excluding diaryl/α,β-unsaturated/α-hetero) is 1. The number of anilines is 1. The molecule has 5 rings (SSSR count). The van der Waals surface area contributed by atoms with Crippen LogP contribution in [0.2, 0.25) is 0 Å². The molecular formula is C27H22N2O4S.